The number of aromatic nitrogens is 2. The van der Waals surface area contributed by atoms with Gasteiger partial charge in [-0.15, -0.1) is 0 Å². The van der Waals surface area contributed by atoms with Crippen molar-refractivity contribution in [3.63, 3.8) is 0 Å². The number of amides is 1. The number of rotatable bonds is 4. The van der Waals surface area contributed by atoms with Crippen molar-refractivity contribution in [1.29, 1.82) is 0 Å². The molecule has 2 heterocycles. The molecule has 1 aliphatic carbocycles. The fourth-order valence-electron chi connectivity index (χ4n) is 3.80. The molecule has 1 saturated carbocycles. The highest BCUT2D eigenvalue weighted by molar-refractivity contribution is 5.83. The second-order valence-electron chi connectivity index (χ2n) is 6.15. The maximum absolute atomic E-state index is 12.6. The van der Waals surface area contributed by atoms with Crippen molar-refractivity contribution < 1.29 is 4.79 Å². The molecule has 20 heavy (non-hydrogen) atoms. The van der Waals surface area contributed by atoms with Crippen LogP contribution in [-0.4, -0.2) is 35.1 Å². The van der Waals surface area contributed by atoms with Gasteiger partial charge in [-0.1, -0.05) is 12.8 Å². The lowest BCUT2D eigenvalue weighted by molar-refractivity contribution is -0.134. The predicted octanol–water partition coefficient (Wildman–Crippen LogP) is 1.09. The lowest BCUT2D eigenvalue weighted by atomic mass is 9.67. The van der Waals surface area contributed by atoms with Gasteiger partial charge >= 0.3 is 0 Å². The maximum atomic E-state index is 12.6. The van der Waals surface area contributed by atoms with Gasteiger partial charge in [-0.3, -0.25) is 4.79 Å². The number of carbonyl (C=O) groups excluding carboxylic acids is 1. The molecule has 5 nitrogen and oxygen atoms in total. The van der Waals surface area contributed by atoms with Crippen molar-refractivity contribution >= 4 is 5.91 Å². The molecule has 2 atom stereocenters. The van der Waals surface area contributed by atoms with Gasteiger partial charge in [0.05, 0.1) is 5.41 Å². The molecule has 0 spiro atoms. The van der Waals surface area contributed by atoms with Gasteiger partial charge in [0.15, 0.2) is 0 Å². The Morgan fingerprint density at radius 1 is 1.60 bits per heavy atom. The number of fused-ring (bicyclic) bond motifs is 1. The third-order valence-electron chi connectivity index (χ3n) is 5.05. The van der Waals surface area contributed by atoms with E-state index in [0.717, 1.165) is 31.9 Å². The molecule has 5 heteroatoms. The minimum absolute atomic E-state index is 0.137. The lowest BCUT2D eigenvalue weighted by Gasteiger charge is -2.37. The first-order valence-corrected chi connectivity index (χ1v) is 7.69. The molecular formula is C15H24N4O. The summed E-state index contributed by atoms with van der Waals surface area (Å²) >= 11 is 0. The fourth-order valence-corrected chi connectivity index (χ4v) is 3.80. The summed E-state index contributed by atoms with van der Waals surface area (Å²) in [5.74, 6) is 1.78. The van der Waals surface area contributed by atoms with Crippen LogP contribution < -0.4 is 10.6 Å². The third-order valence-corrected chi connectivity index (χ3v) is 5.05. The van der Waals surface area contributed by atoms with Crippen LogP contribution in [0, 0.1) is 18.3 Å². The monoisotopic (exact) mass is 276 g/mol. The lowest BCUT2D eigenvalue weighted by Crippen LogP contribution is -2.48. The van der Waals surface area contributed by atoms with Crippen LogP contribution in [0.1, 0.15) is 31.5 Å². The Bertz CT molecular complexity index is 484. The van der Waals surface area contributed by atoms with Gasteiger partial charge < -0.3 is 15.2 Å². The van der Waals surface area contributed by atoms with Gasteiger partial charge in [-0.2, -0.15) is 0 Å². The summed E-state index contributed by atoms with van der Waals surface area (Å²) in [6, 6.07) is 0. The maximum Gasteiger partial charge on any atom is 0.227 e. The number of hydrogen-bond donors (Lipinski definition) is 2. The Kier molecular flexibility index (Phi) is 3.78. The highest BCUT2D eigenvalue weighted by atomic mass is 16.2. The predicted molar refractivity (Wildman–Crippen MR) is 77.2 cm³/mol. The Balaban J connectivity index is 1.57. The summed E-state index contributed by atoms with van der Waals surface area (Å²) in [6.45, 7) is 5.33. The first kappa shape index (κ1) is 13.6. The van der Waals surface area contributed by atoms with Gasteiger partial charge in [-0.25, -0.2) is 4.98 Å². The molecule has 3 rings (SSSR count). The SMILES string of the molecule is Cc1nccn1CCNC(=O)[C@@]12CCCC[C@H]1CNC2. The van der Waals surface area contributed by atoms with Gasteiger partial charge in [0.1, 0.15) is 5.82 Å². The zero-order valence-electron chi connectivity index (χ0n) is 12.2. The van der Waals surface area contributed by atoms with Crippen molar-refractivity contribution in [3.8, 4) is 0 Å². The largest absolute Gasteiger partial charge is 0.354 e. The number of nitrogens with one attached hydrogen (secondary N) is 2. The Hall–Kier alpha value is -1.36. The topological polar surface area (TPSA) is 59.0 Å². The van der Waals surface area contributed by atoms with Crippen LogP contribution in [0.2, 0.25) is 0 Å². The third kappa shape index (κ3) is 2.35. The minimum atomic E-state index is -0.137. The van der Waals surface area contributed by atoms with Gasteiger partial charge in [0.25, 0.3) is 0 Å². The quantitative estimate of drug-likeness (QED) is 0.865. The summed E-state index contributed by atoms with van der Waals surface area (Å²) in [5, 5.41) is 6.58. The number of nitrogens with zero attached hydrogens (tertiary/aromatic N) is 2. The van der Waals surface area contributed by atoms with Crippen LogP contribution in [0.3, 0.4) is 0 Å². The van der Waals surface area contributed by atoms with E-state index < -0.39 is 0 Å². The molecule has 2 N–H and O–H groups in total. The number of carbonyl (C=O) groups is 1. The van der Waals surface area contributed by atoms with E-state index in [4.69, 9.17) is 0 Å². The first-order chi connectivity index (χ1) is 9.72. The van der Waals surface area contributed by atoms with Gasteiger partial charge in [-0.05, 0) is 32.2 Å². The molecule has 1 aromatic heterocycles. The molecule has 1 aromatic rings. The second-order valence-corrected chi connectivity index (χ2v) is 6.15. The van der Waals surface area contributed by atoms with E-state index in [1.807, 2.05) is 13.1 Å². The van der Waals surface area contributed by atoms with E-state index in [0.29, 0.717) is 12.5 Å². The fraction of sp³-hybridized carbons (Fsp3) is 0.733. The summed E-state index contributed by atoms with van der Waals surface area (Å²) in [4.78, 5) is 16.8. The summed E-state index contributed by atoms with van der Waals surface area (Å²) < 4.78 is 2.07. The first-order valence-electron chi connectivity index (χ1n) is 7.69. The van der Waals surface area contributed by atoms with E-state index in [1.54, 1.807) is 6.20 Å². The normalized spacial score (nSPS) is 29.1. The van der Waals surface area contributed by atoms with E-state index in [-0.39, 0.29) is 11.3 Å². The molecule has 2 fully saturated rings. The van der Waals surface area contributed by atoms with Gasteiger partial charge in [0, 0.05) is 32.0 Å². The molecule has 0 bridgehead atoms. The average molecular weight is 276 g/mol. The molecule has 110 valence electrons. The highest BCUT2D eigenvalue weighted by Crippen LogP contribution is 2.43. The van der Waals surface area contributed by atoms with Crippen LogP contribution in [-0.2, 0) is 11.3 Å². The van der Waals surface area contributed by atoms with Crippen LogP contribution in [0.4, 0.5) is 0 Å². The number of imidazole rings is 1. The molecule has 0 unspecified atom stereocenters. The zero-order chi connectivity index (χ0) is 14.0. The van der Waals surface area contributed by atoms with Crippen LogP contribution in [0.5, 0.6) is 0 Å². The minimum Gasteiger partial charge on any atom is -0.354 e. The summed E-state index contributed by atoms with van der Waals surface area (Å²) in [6.07, 6.45) is 8.46. The van der Waals surface area contributed by atoms with E-state index >= 15 is 0 Å². The zero-order valence-corrected chi connectivity index (χ0v) is 12.2. The second kappa shape index (κ2) is 5.56. The van der Waals surface area contributed by atoms with Crippen molar-refractivity contribution in [2.75, 3.05) is 19.6 Å². The number of aryl methyl sites for hydroxylation is 1. The summed E-state index contributed by atoms with van der Waals surface area (Å²) in [5.41, 5.74) is -0.137. The van der Waals surface area contributed by atoms with Crippen LogP contribution in [0.25, 0.3) is 0 Å². The van der Waals surface area contributed by atoms with Crippen molar-refractivity contribution in [1.82, 2.24) is 20.2 Å². The molecule has 2 aliphatic rings. The molecule has 0 aromatic carbocycles. The van der Waals surface area contributed by atoms with Gasteiger partial charge in [0.2, 0.25) is 5.91 Å². The van der Waals surface area contributed by atoms with E-state index in [1.165, 1.54) is 19.3 Å². The van der Waals surface area contributed by atoms with Crippen molar-refractivity contribution in [3.05, 3.63) is 18.2 Å². The number of hydrogen-bond acceptors (Lipinski definition) is 3. The summed E-state index contributed by atoms with van der Waals surface area (Å²) in [7, 11) is 0. The molecule has 0 radical (unpaired) electrons. The standard InChI is InChI=1S/C15H24N4O/c1-12-17-6-8-19(12)9-7-18-14(20)15-5-3-2-4-13(15)10-16-11-15/h6,8,13,16H,2-5,7,9-11H2,1H3,(H,18,20)/t13-,15+/m0/s1. The Labute approximate surface area is 120 Å². The van der Waals surface area contributed by atoms with E-state index in [2.05, 4.69) is 20.2 Å². The van der Waals surface area contributed by atoms with Crippen LogP contribution >= 0.6 is 0 Å². The van der Waals surface area contributed by atoms with Crippen molar-refractivity contribution in [2.24, 2.45) is 11.3 Å². The smallest absolute Gasteiger partial charge is 0.227 e. The molecule has 1 aliphatic heterocycles. The Morgan fingerprint density at radius 2 is 2.50 bits per heavy atom. The van der Waals surface area contributed by atoms with Crippen LogP contribution in [0.15, 0.2) is 12.4 Å². The molecule has 1 saturated heterocycles. The van der Waals surface area contributed by atoms with Crippen molar-refractivity contribution in [2.45, 2.75) is 39.2 Å². The highest BCUT2D eigenvalue weighted by Gasteiger charge is 2.49. The molecular weight excluding hydrogens is 252 g/mol. The Morgan fingerprint density at radius 3 is 3.30 bits per heavy atom. The average Bonchev–Trinajstić information content (AvgIpc) is 3.06. The van der Waals surface area contributed by atoms with E-state index in [9.17, 15) is 4.79 Å². The molecule has 1 amide bonds.